The molecule has 1 fully saturated rings. The van der Waals surface area contributed by atoms with Gasteiger partial charge in [-0.2, -0.15) is 5.10 Å². The molecule has 0 radical (unpaired) electrons. The van der Waals surface area contributed by atoms with Gasteiger partial charge in [0.15, 0.2) is 0 Å². The Kier molecular flexibility index (Phi) is 6.36. The van der Waals surface area contributed by atoms with Crippen molar-refractivity contribution in [1.82, 2.24) is 19.6 Å². The number of aryl methyl sites for hydroxylation is 1. The molecule has 0 atom stereocenters. The van der Waals surface area contributed by atoms with Crippen LogP contribution >= 0.6 is 23.2 Å². The average Bonchev–Trinajstić information content (AvgIpc) is 3.12. The highest BCUT2D eigenvalue weighted by molar-refractivity contribution is 6.42. The van der Waals surface area contributed by atoms with E-state index in [2.05, 4.69) is 10.00 Å². The summed E-state index contributed by atoms with van der Waals surface area (Å²) >= 11 is 12.0. The largest absolute Gasteiger partial charge is 0.481 e. The van der Waals surface area contributed by atoms with Crippen LogP contribution in [0.1, 0.15) is 22.3 Å². The molecule has 1 aromatic heterocycles. The van der Waals surface area contributed by atoms with Crippen LogP contribution in [0.3, 0.4) is 0 Å². The third-order valence-corrected chi connectivity index (χ3v) is 5.22. The van der Waals surface area contributed by atoms with Gasteiger partial charge in [0, 0.05) is 38.9 Å². The molecule has 1 N–H and O–H groups in total. The summed E-state index contributed by atoms with van der Waals surface area (Å²) in [5.41, 5.74) is 1.57. The van der Waals surface area contributed by atoms with E-state index in [4.69, 9.17) is 28.3 Å². The van der Waals surface area contributed by atoms with E-state index in [0.717, 1.165) is 25.2 Å². The molecule has 1 amide bonds. The Morgan fingerprint density at radius 2 is 1.85 bits per heavy atom. The van der Waals surface area contributed by atoms with E-state index >= 15 is 0 Å². The fraction of sp³-hybridized carbons (Fsp3) is 0.389. The normalized spacial score (nSPS) is 15.1. The van der Waals surface area contributed by atoms with Gasteiger partial charge in [-0.05, 0) is 17.7 Å². The molecule has 1 aromatic carbocycles. The summed E-state index contributed by atoms with van der Waals surface area (Å²) in [6, 6.07) is 5.62. The third kappa shape index (κ3) is 5.22. The number of nitrogens with zero attached hydrogens (tertiary/aromatic N) is 4. The van der Waals surface area contributed by atoms with E-state index < -0.39 is 5.97 Å². The highest BCUT2D eigenvalue weighted by atomic mass is 35.5. The van der Waals surface area contributed by atoms with Gasteiger partial charge in [0.2, 0.25) is 0 Å². The van der Waals surface area contributed by atoms with Crippen molar-refractivity contribution in [3.63, 3.8) is 0 Å². The van der Waals surface area contributed by atoms with Crippen molar-refractivity contribution in [2.24, 2.45) is 0 Å². The minimum atomic E-state index is -0.892. The molecule has 0 bridgehead atoms. The summed E-state index contributed by atoms with van der Waals surface area (Å²) < 4.78 is 1.49. The maximum atomic E-state index is 12.6. The van der Waals surface area contributed by atoms with Gasteiger partial charge in [-0.1, -0.05) is 29.3 Å². The fourth-order valence-electron chi connectivity index (χ4n) is 2.99. The summed E-state index contributed by atoms with van der Waals surface area (Å²) in [4.78, 5) is 27.3. The Morgan fingerprint density at radius 3 is 2.52 bits per heavy atom. The van der Waals surface area contributed by atoms with E-state index in [-0.39, 0.29) is 18.9 Å². The van der Waals surface area contributed by atoms with E-state index in [1.807, 2.05) is 12.1 Å². The topological polar surface area (TPSA) is 78.7 Å². The minimum absolute atomic E-state index is 0.0251. The molecule has 1 aliphatic heterocycles. The van der Waals surface area contributed by atoms with E-state index in [0.29, 0.717) is 28.7 Å². The first-order valence-corrected chi connectivity index (χ1v) is 9.38. The number of carbonyl (C=O) groups is 2. The number of benzene rings is 1. The first-order valence-electron chi connectivity index (χ1n) is 8.62. The number of hydrogen-bond donors (Lipinski definition) is 1. The van der Waals surface area contributed by atoms with Gasteiger partial charge < -0.3 is 10.0 Å². The predicted molar refractivity (Wildman–Crippen MR) is 102 cm³/mol. The molecular weight excluding hydrogens is 391 g/mol. The van der Waals surface area contributed by atoms with Crippen LogP contribution in [0, 0.1) is 0 Å². The van der Waals surface area contributed by atoms with Crippen LogP contribution in [-0.2, 0) is 17.9 Å². The first-order chi connectivity index (χ1) is 12.9. The highest BCUT2D eigenvalue weighted by Gasteiger charge is 2.23. The van der Waals surface area contributed by atoms with Crippen LogP contribution in [0.5, 0.6) is 0 Å². The third-order valence-electron chi connectivity index (χ3n) is 4.48. The fourth-order valence-corrected chi connectivity index (χ4v) is 3.32. The zero-order chi connectivity index (χ0) is 19.4. The molecule has 0 saturated carbocycles. The van der Waals surface area contributed by atoms with Crippen molar-refractivity contribution in [2.45, 2.75) is 19.5 Å². The number of amides is 1. The van der Waals surface area contributed by atoms with Gasteiger partial charge in [0.25, 0.3) is 5.91 Å². The molecule has 1 saturated heterocycles. The van der Waals surface area contributed by atoms with E-state index in [9.17, 15) is 9.59 Å². The Bertz CT molecular complexity index is 832. The monoisotopic (exact) mass is 410 g/mol. The number of carboxylic acid groups (broad SMARTS) is 1. The van der Waals surface area contributed by atoms with Crippen molar-refractivity contribution < 1.29 is 14.7 Å². The van der Waals surface area contributed by atoms with Crippen LogP contribution in [0.25, 0.3) is 0 Å². The number of halogens is 2. The average molecular weight is 411 g/mol. The first kappa shape index (κ1) is 19.7. The van der Waals surface area contributed by atoms with Crippen LogP contribution in [0.4, 0.5) is 0 Å². The van der Waals surface area contributed by atoms with Gasteiger partial charge in [0.1, 0.15) is 0 Å². The lowest BCUT2D eigenvalue weighted by Gasteiger charge is -2.34. The summed E-state index contributed by atoms with van der Waals surface area (Å²) in [6.45, 7) is 3.78. The van der Waals surface area contributed by atoms with Crippen molar-refractivity contribution in [3.05, 3.63) is 51.8 Å². The van der Waals surface area contributed by atoms with Crippen molar-refractivity contribution in [3.8, 4) is 0 Å². The molecule has 2 aromatic rings. The summed E-state index contributed by atoms with van der Waals surface area (Å²) in [6.07, 6.45) is 3.07. The molecule has 0 unspecified atom stereocenters. The zero-order valence-corrected chi connectivity index (χ0v) is 16.2. The van der Waals surface area contributed by atoms with Gasteiger partial charge >= 0.3 is 5.97 Å². The SMILES string of the molecule is O=C(O)CCn1cc(C(=O)N2CCN(Cc3ccc(Cl)c(Cl)c3)CC2)cn1. The van der Waals surface area contributed by atoms with Gasteiger partial charge in [-0.3, -0.25) is 19.2 Å². The molecular formula is C18H20Cl2N4O3. The van der Waals surface area contributed by atoms with E-state index in [1.165, 1.54) is 10.9 Å². The smallest absolute Gasteiger partial charge is 0.305 e. The van der Waals surface area contributed by atoms with Gasteiger partial charge in [-0.25, -0.2) is 0 Å². The lowest BCUT2D eigenvalue weighted by molar-refractivity contribution is -0.137. The second-order valence-corrected chi connectivity index (χ2v) is 7.27. The highest BCUT2D eigenvalue weighted by Crippen LogP contribution is 2.23. The maximum Gasteiger partial charge on any atom is 0.305 e. The quantitative estimate of drug-likeness (QED) is 0.791. The Balaban J connectivity index is 1.51. The summed E-state index contributed by atoms with van der Waals surface area (Å²) in [7, 11) is 0. The number of hydrogen-bond acceptors (Lipinski definition) is 4. The lowest BCUT2D eigenvalue weighted by atomic mass is 10.2. The summed E-state index contributed by atoms with van der Waals surface area (Å²) in [5.74, 6) is -0.970. The van der Waals surface area contributed by atoms with Crippen LogP contribution in [-0.4, -0.2) is 62.7 Å². The Hall–Kier alpha value is -2.09. The molecule has 3 rings (SSSR count). The molecule has 144 valence electrons. The molecule has 9 heteroatoms. The maximum absolute atomic E-state index is 12.6. The Labute approximate surface area is 167 Å². The lowest BCUT2D eigenvalue weighted by Crippen LogP contribution is -2.48. The van der Waals surface area contributed by atoms with Gasteiger partial charge in [0.05, 0.1) is 34.8 Å². The van der Waals surface area contributed by atoms with Crippen molar-refractivity contribution in [2.75, 3.05) is 26.2 Å². The van der Waals surface area contributed by atoms with Crippen LogP contribution < -0.4 is 0 Å². The Morgan fingerprint density at radius 1 is 1.11 bits per heavy atom. The predicted octanol–water partition coefficient (Wildman–Crippen LogP) is 2.62. The molecule has 1 aliphatic rings. The number of piperazine rings is 1. The van der Waals surface area contributed by atoms with Crippen molar-refractivity contribution in [1.29, 1.82) is 0 Å². The van der Waals surface area contributed by atoms with Crippen LogP contribution in [0.2, 0.25) is 10.0 Å². The molecule has 7 nitrogen and oxygen atoms in total. The zero-order valence-electron chi connectivity index (χ0n) is 14.6. The number of rotatable bonds is 6. The molecule has 0 aliphatic carbocycles. The molecule has 2 heterocycles. The van der Waals surface area contributed by atoms with Gasteiger partial charge in [-0.15, -0.1) is 0 Å². The minimum Gasteiger partial charge on any atom is -0.481 e. The standard InChI is InChI=1S/C18H20Cl2N4O3/c19-15-2-1-13(9-16(15)20)11-22-5-7-23(8-6-22)18(27)14-10-21-24(12-14)4-3-17(25)26/h1-2,9-10,12H,3-8,11H2,(H,25,26). The molecule has 27 heavy (non-hydrogen) atoms. The van der Waals surface area contributed by atoms with Crippen molar-refractivity contribution >= 4 is 35.1 Å². The number of carboxylic acids is 1. The second-order valence-electron chi connectivity index (χ2n) is 6.45. The number of carbonyl (C=O) groups excluding carboxylic acids is 1. The second kappa shape index (κ2) is 8.73. The molecule has 0 spiro atoms. The summed E-state index contributed by atoms with van der Waals surface area (Å²) in [5, 5.41) is 13.9. The van der Waals surface area contributed by atoms with Crippen LogP contribution in [0.15, 0.2) is 30.6 Å². The van der Waals surface area contributed by atoms with E-state index in [1.54, 1.807) is 17.2 Å². The number of aliphatic carboxylic acids is 1. The number of aromatic nitrogens is 2.